The Morgan fingerprint density at radius 1 is 1.41 bits per heavy atom. The van der Waals surface area contributed by atoms with Gasteiger partial charge in [0.05, 0.1) is 12.1 Å². The minimum atomic E-state index is 0.213. The molecule has 0 unspecified atom stereocenters. The molecule has 0 aromatic heterocycles. The summed E-state index contributed by atoms with van der Waals surface area (Å²) in [6.07, 6.45) is 1.48. The van der Waals surface area contributed by atoms with E-state index in [1.54, 1.807) is 14.0 Å². The Hall–Kier alpha value is -1.06. The van der Waals surface area contributed by atoms with Crippen molar-refractivity contribution in [3.63, 3.8) is 0 Å². The van der Waals surface area contributed by atoms with Crippen LogP contribution in [0.3, 0.4) is 0 Å². The van der Waals surface area contributed by atoms with E-state index in [9.17, 15) is 4.79 Å². The highest BCUT2D eigenvalue weighted by Gasteiger charge is 2.01. The molecule has 4 heteroatoms. The third-order valence-electron chi connectivity index (χ3n) is 2.46. The van der Waals surface area contributed by atoms with Gasteiger partial charge >= 0.3 is 0 Å². The van der Waals surface area contributed by atoms with Gasteiger partial charge in [0, 0.05) is 13.0 Å². The molecule has 0 saturated heterocycles. The molecular weight excluding hydrogens is 238 g/mol. The Balaban J connectivity index is 2.32. The van der Waals surface area contributed by atoms with Crippen LogP contribution in [0.4, 0.5) is 0 Å². The molecule has 0 amide bonds. The third kappa shape index (κ3) is 5.20. The van der Waals surface area contributed by atoms with E-state index in [1.807, 2.05) is 18.2 Å². The van der Waals surface area contributed by atoms with Crippen LogP contribution in [-0.4, -0.2) is 26.0 Å². The summed E-state index contributed by atoms with van der Waals surface area (Å²) in [6, 6.07) is 5.78. The molecule has 17 heavy (non-hydrogen) atoms. The van der Waals surface area contributed by atoms with Crippen molar-refractivity contribution < 1.29 is 9.53 Å². The van der Waals surface area contributed by atoms with E-state index in [-0.39, 0.29) is 5.78 Å². The van der Waals surface area contributed by atoms with E-state index in [0.29, 0.717) is 17.2 Å². The summed E-state index contributed by atoms with van der Waals surface area (Å²) in [4.78, 5) is 10.7. The molecule has 1 aromatic carbocycles. The van der Waals surface area contributed by atoms with Crippen molar-refractivity contribution in [3.8, 4) is 5.75 Å². The van der Waals surface area contributed by atoms with E-state index in [4.69, 9.17) is 16.3 Å². The lowest BCUT2D eigenvalue weighted by atomic mass is 10.1. The number of ketones is 1. The Bertz CT molecular complexity index is 380. The number of benzene rings is 1. The predicted molar refractivity (Wildman–Crippen MR) is 69.9 cm³/mol. The molecule has 0 spiro atoms. The molecule has 0 aliphatic heterocycles. The average Bonchev–Trinajstić information content (AvgIpc) is 2.28. The zero-order chi connectivity index (χ0) is 12.7. The number of Topliss-reactive ketones (excluding diaryl/α,β-unsaturated/α-hetero) is 1. The molecule has 0 aliphatic rings. The zero-order valence-electron chi connectivity index (χ0n) is 10.3. The minimum Gasteiger partial charge on any atom is -0.495 e. The second-order valence-corrected chi connectivity index (χ2v) is 4.33. The number of carbonyl (C=O) groups is 1. The fraction of sp³-hybridized carbons (Fsp3) is 0.462. The van der Waals surface area contributed by atoms with Crippen molar-refractivity contribution in [1.29, 1.82) is 0 Å². The molecule has 0 fully saturated rings. The molecule has 0 aliphatic carbocycles. The maximum Gasteiger partial charge on any atom is 0.137 e. The van der Waals surface area contributed by atoms with Gasteiger partial charge in [0.2, 0.25) is 0 Å². The number of hydrogen-bond acceptors (Lipinski definition) is 3. The van der Waals surface area contributed by atoms with Gasteiger partial charge in [-0.2, -0.15) is 0 Å². The summed E-state index contributed by atoms with van der Waals surface area (Å²) >= 11 is 6.02. The molecule has 0 saturated carbocycles. The lowest BCUT2D eigenvalue weighted by Crippen LogP contribution is -2.20. The van der Waals surface area contributed by atoms with E-state index in [2.05, 4.69) is 5.32 Å². The topological polar surface area (TPSA) is 38.3 Å². The Morgan fingerprint density at radius 3 is 2.76 bits per heavy atom. The summed E-state index contributed by atoms with van der Waals surface area (Å²) in [5, 5.41) is 3.85. The Labute approximate surface area is 107 Å². The number of methoxy groups -OCH3 is 1. The van der Waals surface area contributed by atoms with Crippen LogP contribution in [0.5, 0.6) is 5.75 Å². The number of ether oxygens (including phenoxy) is 1. The lowest BCUT2D eigenvalue weighted by Gasteiger charge is -2.07. The fourth-order valence-corrected chi connectivity index (χ4v) is 1.77. The van der Waals surface area contributed by atoms with Crippen LogP contribution in [0, 0.1) is 0 Å². The molecule has 0 radical (unpaired) electrons. The predicted octanol–water partition coefficient (Wildman–Crippen LogP) is 2.46. The Morgan fingerprint density at radius 2 is 2.18 bits per heavy atom. The fourth-order valence-electron chi connectivity index (χ4n) is 1.49. The van der Waals surface area contributed by atoms with Crippen molar-refractivity contribution in [2.24, 2.45) is 0 Å². The van der Waals surface area contributed by atoms with Crippen molar-refractivity contribution in [1.82, 2.24) is 5.32 Å². The van der Waals surface area contributed by atoms with Crippen LogP contribution in [0.25, 0.3) is 0 Å². The van der Waals surface area contributed by atoms with Gasteiger partial charge in [-0.25, -0.2) is 0 Å². The summed E-state index contributed by atoms with van der Waals surface area (Å²) in [5.41, 5.74) is 1.16. The first-order valence-electron chi connectivity index (χ1n) is 5.66. The van der Waals surface area contributed by atoms with E-state index < -0.39 is 0 Å². The van der Waals surface area contributed by atoms with Crippen LogP contribution in [0.2, 0.25) is 5.02 Å². The average molecular weight is 256 g/mol. The van der Waals surface area contributed by atoms with Crippen molar-refractivity contribution in [2.45, 2.75) is 19.8 Å². The van der Waals surface area contributed by atoms with E-state index in [0.717, 1.165) is 25.1 Å². The summed E-state index contributed by atoms with van der Waals surface area (Å²) in [7, 11) is 1.60. The smallest absolute Gasteiger partial charge is 0.137 e. The maximum atomic E-state index is 10.7. The molecule has 3 nitrogen and oxygen atoms in total. The molecule has 94 valence electrons. The number of halogens is 1. The highest BCUT2D eigenvalue weighted by atomic mass is 35.5. The maximum absolute atomic E-state index is 10.7. The largest absolute Gasteiger partial charge is 0.495 e. The monoisotopic (exact) mass is 255 g/mol. The molecular formula is C13H18ClNO2. The van der Waals surface area contributed by atoms with Gasteiger partial charge in [-0.15, -0.1) is 0 Å². The zero-order valence-corrected chi connectivity index (χ0v) is 11.0. The molecule has 0 atom stereocenters. The lowest BCUT2D eigenvalue weighted by molar-refractivity contribution is -0.116. The van der Waals surface area contributed by atoms with Crippen molar-refractivity contribution in [2.75, 3.05) is 20.2 Å². The normalized spacial score (nSPS) is 10.3. The van der Waals surface area contributed by atoms with Crippen LogP contribution in [0.15, 0.2) is 18.2 Å². The van der Waals surface area contributed by atoms with Gasteiger partial charge in [-0.1, -0.05) is 17.7 Å². The Kier molecular flexibility index (Phi) is 6.01. The highest BCUT2D eigenvalue weighted by molar-refractivity contribution is 6.32. The number of nitrogens with one attached hydrogen (secondary N) is 1. The van der Waals surface area contributed by atoms with Gasteiger partial charge in [-0.3, -0.25) is 4.79 Å². The van der Waals surface area contributed by atoms with Gasteiger partial charge in [0.15, 0.2) is 0 Å². The van der Waals surface area contributed by atoms with Crippen LogP contribution in [-0.2, 0) is 11.2 Å². The second kappa shape index (κ2) is 7.30. The minimum absolute atomic E-state index is 0.213. The number of hydrogen-bond donors (Lipinski definition) is 1. The van der Waals surface area contributed by atoms with Crippen molar-refractivity contribution in [3.05, 3.63) is 28.8 Å². The van der Waals surface area contributed by atoms with Crippen molar-refractivity contribution >= 4 is 17.4 Å². The highest BCUT2D eigenvalue weighted by Crippen LogP contribution is 2.24. The molecule has 1 N–H and O–H groups in total. The first-order chi connectivity index (χ1) is 8.13. The molecule has 0 bridgehead atoms. The van der Waals surface area contributed by atoms with Gasteiger partial charge in [0.25, 0.3) is 0 Å². The SMILES string of the molecule is COc1ccc(CCNCCC(C)=O)cc1Cl. The molecule has 1 rings (SSSR count). The van der Waals surface area contributed by atoms with Crippen LogP contribution >= 0.6 is 11.6 Å². The van der Waals surface area contributed by atoms with Gasteiger partial charge < -0.3 is 10.1 Å². The van der Waals surface area contributed by atoms with Gasteiger partial charge in [0.1, 0.15) is 11.5 Å². The van der Waals surface area contributed by atoms with Crippen LogP contribution in [0.1, 0.15) is 18.9 Å². The first-order valence-corrected chi connectivity index (χ1v) is 6.04. The number of rotatable bonds is 7. The number of carbonyl (C=O) groups excluding carboxylic acids is 1. The molecule has 0 heterocycles. The van der Waals surface area contributed by atoms with Gasteiger partial charge in [-0.05, 0) is 37.6 Å². The summed E-state index contributed by atoms with van der Waals surface area (Å²) in [5.74, 6) is 0.907. The third-order valence-corrected chi connectivity index (χ3v) is 2.76. The quantitative estimate of drug-likeness (QED) is 0.761. The first kappa shape index (κ1) is 14.0. The summed E-state index contributed by atoms with van der Waals surface area (Å²) < 4.78 is 5.08. The second-order valence-electron chi connectivity index (χ2n) is 3.92. The van der Waals surface area contributed by atoms with E-state index in [1.165, 1.54) is 0 Å². The molecule has 1 aromatic rings. The van der Waals surface area contributed by atoms with E-state index >= 15 is 0 Å². The van der Waals surface area contributed by atoms with Crippen LogP contribution < -0.4 is 10.1 Å². The standard InChI is InChI=1S/C13H18ClNO2/c1-10(16)5-7-15-8-6-11-3-4-13(17-2)12(14)9-11/h3-4,9,15H,5-8H2,1-2H3. The summed E-state index contributed by atoms with van der Waals surface area (Å²) in [6.45, 7) is 3.18.